The van der Waals surface area contributed by atoms with Crippen molar-refractivity contribution in [3.8, 4) is 11.5 Å². The predicted octanol–water partition coefficient (Wildman–Crippen LogP) is 1.59. The Morgan fingerprint density at radius 2 is 2.43 bits per heavy atom. The average molecular weight is 91.1 g/mol. The number of hydrogen-bond acceptors (Lipinski definition) is 1. The van der Waals surface area contributed by atoms with Gasteiger partial charge in [-0.3, -0.25) is 0 Å². The number of hydrogen-bond donors (Lipinski definition) is 0. The van der Waals surface area contributed by atoms with Crippen LogP contribution in [0.15, 0.2) is 18.2 Å². The van der Waals surface area contributed by atoms with E-state index >= 15 is 0 Å². The van der Waals surface area contributed by atoms with Crippen LogP contribution in [-0.2, 0) is 0 Å². The van der Waals surface area contributed by atoms with E-state index in [-0.39, 0.29) is 0 Å². The first-order chi connectivity index (χ1) is 3.45. The summed E-state index contributed by atoms with van der Waals surface area (Å²) in [5, 5.41) is 0. The molecule has 2 aliphatic heterocycles. The summed E-state index contributed by atoms with van der Waals surface area (Å²) in [6.45, 7) is 0. The van der Waals surface area contributed by atoms with Crippen molar-refractivity contribution in [2.75, 3.05) is 0 Å². The molecule has 7 heavy (non-hydrogen) atoms. The molecule has 0 amide bonds. The van der Waals surface area contributed by atoms with Gasteiger partial charge in [0, 0.05) is 12.1 Å². The Hall–Kier alpha value is -0.980. The zero-order valence-electron chi connectivity index (χ0n) is 3.64. The molecule has 0 unspecified atom stereocenters. The van der Waals surface area contributed by atoms with Crippen LogP contribution in [0.2, 0.25) is 0 Å². The summed E-state index contributed by atoms with van der Waals surface area (Å²) in [6, 6.07) is 8.57. The lowest BCUT2D eigenvalue weighted by atomic mass is 10.2. The summed E-state index contributed by atoms with van der Waals surface area (Å²) in [6.07, 6.45) is 0. The molecule has 0 saturated heterocycles. The van der Waals surface area contributed by atoms with Crippen LogP contribution in [0.3, 0.4) is 0 Å². The van der Waals surface area contributed by atoms with Crippen LogP contribution in [0.4, 0.5) is 0 Å². The molecule has 3 rings (SSSR count). The minimum absolute atomic E-state index is 0.859. The van der Waals surface area contributed by atoms with Crippen LogP contribution in [-0.4, -0.2) is 0 Å². The molecule has 2 bridgehead atoms. The van der Waals surface area contributed by atoms with Crippen LogP contribution >= 0.6 is 0 Å². The minimum Gasteiger partial charge on any atom is -0.456 e. The second-order valence-electron chi connectivity index (χ2n) is 1.49. The fourth-order valence-corrected chi connectivity index (χ4v) is 0.616. The number of benzene rings is 1. The van der Waals surface area contributed by atoms with Crippen molar-refractivity contribution in [3.63, 3.8) is 0 Å². The van der Waals surface area contributed by atoms with Gasteiger partial charge >= 0.3 is 0 Å². The highest BCUT2D eigenvalue weighted by Crippen LogP contribution is 2.32. The van der Waals surface area contributed by atoms with E-state index in [9.17, 15) is 0 Å². The third-order valence-electron chi connectivity index (χ3n) is 0.974. The molecule has 0 fully saturated rings. The Kier molecular flexibility index (Phi) is 0.355. The van der Waals surface area contributed by atoms with Gasteiger partial charge in [-0.2, -0.15) is 0 Å². The normalized spacial score (nSPS) is 12.0. The maximum absolute atomic E-state index is 4.95. The first-order valence-corrected chi connectivity index (χ1v) is 2.15. The van der Waals surface area contributed by atoms with E-state index in [0.717, 1.165) is 11.5 Å². The van der Waals surface area contributed by atoms with Gasteiger partial charge in [0.25, 0.3) is 0 Å². The Morgan fingerprint density at radius 1 is 1.57 bits per heavy atom. The first kappa shape index (κ1) is 3.08. The summed E-state index contributed by atoms with van der Waals surface area (Å²) in [5.74, 6) is 1.81. The Morgan fingerprint density at radius 3 is 2.57 bits per heavy atom. The summed E-state index contributed by atoms with van der Waals surface area (Å²) < 4.78 is 4.95. The van der Waals surface area contributed by atoms with Gasteiger partial charge in [0.1, 0.15) is 11.5 Å². The van der Waals surface area contributed by atoms with Crippen molar-refractivity contribution in [1.29, 1.82) is 0 Å². The monoisotopic (exact) mass is 91.0 g/mol. The van der Waals surface area contributed by atoms with Crippen LogP contribution in [0.5, 0.6) is 11.5 Å². The molecule has 1 aromatic carbocycles. The molecule has 1 aromatic rings. The first-order valence-electron chi connectivity index (χ1n) is 2.15. The molecule has 1 nitrogen and oxygen atoms in total. The van der Waals surface area contributed by atoms with Crippen molar-refractivity contribution in [1.82, 2.24) is 0 Å². The number of fused-ring (bicyclic) bond motifs is 2. The van der Waals surface area contributed by atoms with E-state index in [0.29, 0.717) is 0 Å². The third kappa shape index (κ3) is 0.270. The smallest absolute Gasteiger partial charge is 0.139 e. The van der Waals surface area contributed by atoms with Gasteiger partial charge in [-0.1, -0.05) is 0 Å². The molecule has 0 saturated carbocycles. The van der Waals surface area contributed by atoms with Gasteiger partial charge in [0.2, 0.25) is 0 Å². The van der Waals surface area contributed by atoms with E-state index in [1.165, 1.54) is 0 Å². The highest BCUT2D eigenvalue weighted by atomic mass is 16.5. The van der Waals surface area contributed by atoms with Gasteiger partial charge in [-0.25, -0.2) is 0 Å². The highest BCUT2D eigenvalue weighted by Gasteiger charge is 2.06. The summed E-state index contributed by atoms with van der Waals surface area (Å²) in [5.41, 5.74) is 0. The second-order valence-corrected chi connectivity index (χ2v) is 1.49. The second kappa shape index (κ2) is 0.808. The molecule has 0 atom stereocenters. The van der Waals surface area contributed by atoms with Crippen LogP contribution < -0.4 is 4.74 Å². The van der Waals surface area contributed by atoms with Crippen molar-refractivity contribution < 1.29 is 4.74 Å². The van der Waals surface area contributed by atoms with E-state index in [1.807, 2.05) is 18.2 Å². The van der Waals surface area contributed by atoms with Crippen LogP contribution in [0.1, 0.15) is 0 Å². The SMILES string of the molecule is [c]1ccc2cc1O2. The maximum Gasteiger partial charge on any atom is 0.139 e. The van der Waals surface area contributed by atoms with E-state index in [2.05, 4.69) is 6.07 Å². The quantitative estimate of drug-likeness (QED) is 0.478. The molecular formula is C6H3O. The maximum atomic E-state index is 4.95. The topological polar surface area (TPSA) is 9.23 Å². The molecule has 0 N–H and O–H groups in total. The van der Waals surface area contributed by atoms with Gasteiger partial charge < -0.3 is 4.74 Å². The van der Waals surface area contributed by atoms with Crippen molar-refractivity contribution in [2.45, 2.75) is 0 Å². The largest absolute Gasteiger partial charge is 0.456 e. The fourth-order valence-electron chi connectivity index (χ4n) is 0.616. The van der Waals surface area contributed by atoms with E-state index in [1.54, 1.807) is 0 Å². The van der Waals surface area contributed by atoms with E-state index < -0.39 is 0 Å². The Bertz CT molecular complexity index is 168. The zero-order chi connectivity index (χ0) is 4.69. The highest BCUT2D eigenvalue weighted by molar-refractivity contribution is 5.42. The van der Waals surface area contributed by atoms with Crippen molar-refractivity contribution in [2.24, 2.45) is 0 Å². The summed E-state index contributed by atoms with van der Waals surface area (Å²) in [7, 11) is 0. The Balaban J connectivity index is 2.78. The molecule has 0 aliphatic carbocycles. The van der Waals surface area contributed by atoms with Gasteiger partial charge in [0.05, 0.1) is 0 Å². The lowest BCUT2D eigenvalue weighted by Gasteiger charge is -2.13. The molecule has 33 valence electrons. The summed E-state index contributed by atoms with van der Waals surface area (Å²) in [4.78, 5) is 0. The lowest BCUT2D eigenvalue weighted by Crippen LogP contribution is -1.91. The average Bonchev–Trinajstić information content (AvgIpc) is 1.67. The third-order valence-corrected chi connectivity index (χ3v) is 0.974. The molecule has 1 heteroatoms. The molecule has 0 spiro atoms. The molecular weight excluding hydrogens is 88.1 g/mol. The van der Waals surface area contributed by atoms with Crippen molar-refractivity contribution in [3.05, 3.63) is 24.3 Å². The zero-order valence-corrected chi connectivity index (χ0v) is 3.64. The number of ether oxygens (including phenoxy) is 1. The Labute approximate surface area is 41.5 Å². The summed E-state index contributed by atoms with van der Waals surface area (Å²) >= 11 is 0. The van der Waals surface area contributed by atoms with Gasteiger partial charge in [-0.05, 0) is 12.1 Å². The minimum atomic E-state index is 0.859. The fraction of sp³-hybridized carbons (Fsp3) is 0. The molecule has 0 aromatic heterocycles. The van der Waals surface area contributed by atoms with Crippen LogP contribution in [0.25, 0.3) is 0 Å². The predicted molar refractivity (Wildman–Crippen MR) is 25.4 cm³/mol. The van der Waals surface area contributed by atoms with Gasteiger partial charge in [-0.15, -0.1) is 0 Å². The van der Waals surface area contributed by atoms with Crippen molar-refractivity contribution >= 4 is 0 Å². The van der Waals surface area contributed by atoms with E-state index in [4.69, 9.17) is 4.74 Å². The molecule has 2 heterocycles. The standard InChI is InChI=1S/C6H3O/c1-2-5-4-6(3-1)7-5/h1-2,4H. The molecule has 2 aliphatic rings. The lowest BCUT2D eigenvalue weighted by molar-refractivity contribution is 0.437. The number of rotatable bonds is 0. The molecule has 1 radical (unpaired) electrons. The van der Waals surface area contributed by atoms with Gasteiger partial charge in [0.15, 0.2) is 0 Å². The van der Waals surface area contributed by atoms with Crippen LogP contribution in [0, 0.1) is 6.07 Å².